The highest BCUT2D eigenvalue weighted by molar-refractivity contribution is 7.89. The van der Waals surface area contributed by atoms with E-state index in [9.17, 15) is 17.2 Å². The number of nitrogens with one attached hydrogen (secondary N) is 1. The molecule has 0 aliphatic carbocycles. The predicted octanol–water partition coefficient (Wildman–Crippen LogP) is 1.97. The monoisotopic (exact) mass is 318 g/mol. The van der Waals surface area contributed by atoms with Crippen molar-refractivity contribution in [2.24, 2.45) is 5.92 Å². The molecule has 4 nitrogen and oxygen atoms in total. The fourth-order valence-electron chi connectivity index (χ4n) is 2.59. The van der Waals surface area contributed by atoms with Crippen molar-refractivity contribution in [3.8, 4) is 0 Å². The van der Waals surface area contributed by atoms with Gasteiger partial charge in [-0.3, -0.25) is 0 Å². The van der Waals surface area contributed by atoms with Gasteiger partial charge in [-0.15, -0.1) is 0 Å². The second-order valence-corrected chi connectivity index (χ2v) is 7.06. The van der Waals surface area contributed by atoms with Gasteiger partial charge in [0.1, 0.15) is 16.5 Å². The van der Waals surface area contributed by atoms with Gasteiger partial charge in [0.25, 0.3) is 0 Å². The molecule has 21 heavy (non-hydrogen) atoms. The van der Waals surface area contributed by atoms with Crippen LogP contribution in [0, 0.1) is 17.6 Å². The molecule has 1 aromatic rings. The Hall–Kier alpha value is -1.05. The number of likely N-dealkylation sites (tertiary alicyclic amines) is 1. The fourth-order valence-corrected chi connectivity index (χ4v) is 3.80. The Bertz CT molecular complexity index is 593. The van der Waals surface area contributed by atoms with Gasteiger partial charge in [-0.1, -0.05) is 6.92 Å². The average Bonchev–Trinajstić information content (AvgIpc) is 2.48. The lowest BCUT2D eigenvalue weighted by Gasteiger charge is -2.31. The van der Waals surface area contributed by atoms with Gasteiger partial charge >= 0.3 is 0 Å². The summed E-state index contributed by atoms with van der Waals surface area (Å²) in [5, 5.41) is 0. The van der Waals surface area contributed by atoms with Crippen LogP contribution in [0.25, 0.3) is 0 Å². The van der Waals surface area contributed by atoms with Gasteiger partial charge in [-0.2, -0.15) is 0 Å². The van der Waals surface area contributed by atoms with Crippen molar-refractivity contribution in [2.45, 2.75) is 24.7 Å². The first-order chi connectivity index (χ1) is 9.92. The first kappa shape index (κ1) is 16.3. The molecule has 1 aliphatic rings. The van der Waals surface area contributed by atoms with E-state index in [1.54, 1.807) is 0 Å². The number of hydrogen-bond acceptors (Lipinski definition) is 3. The van der Waals surface area contributed by atoms with E-state index in [4.69, 9.17) is 0 Å². The van der Waals surface area contributed by atoms with Crippen molar-refractivity contribution in [1.82, 2.24) is 9.62 Å². The number of halogens is 2. The third kappa shape index (κ3) is 4.21. The second-order valence-electron chi connectivity index (χ2n) is 5.33. The average molecular weight is 318 g/mol. The largest absolute Gasteiger partial charge is 0.303 e. The Morgan fingerprint density at radius 2 is 2.14 bits per heavy atom. The molecule has 0 unspecified atom stereocenters. The minimum Gasteiger partial charge on any atom is -0.303 e. The highest BCUT2D eigenvalue weighted by atomic mass is 32.2. The van der Waals surface area contributed by atoms with Crippen LogP contribution in [-0.2, 0) is 10.0 Å². The van der Waals surface area contributed by atoms with E-state index >= 15 is 0 Å². The Kier molecular flexibility index (Phi) is 5.29. The minimum absolute atomic E-state index is 0.199. The molecule has 1 heterocycles. The van der Waals surface area contributed by atoms with E-state index < -0.39 is 26.6 Å². The van der Waals surface area contributed by atoms with E-state index in [-0.39, 0.29) is 12.5 Å². The second kappa shape index (κ2) is 6.81. The predicted molar refractivity (Wildman–Crippen MR) is 76.4 cm³/mol. The Labute approximate surface area is 124 Å². The van der Waals surface area contributed by atoms with Crippen LogP contribution in [0.15, 0.2) is 23.1 Å². The third-order valence-corrected chi connectivity index (χ3v) is 5.23. The summed E-state index contributed by atoms with van der Waals surface area (Å²) in [5.74, 6) is -1.51. The zero-order valence-electron chi connectivity index (χ0n) is 12.0. The van der Waals surface area contributed by atoms with Gasteiger partial charge in [-0.25, -0.2) is 21.9 Å². The summed E-state index contributed by atoms with van der Waals surface area (Å²) in [7, 11) is -4.02. The zero-order chi connectivity index (χ0) is 15.5. The van der Waals surface area contributed by atoms with Crippen LogP contribution in [0.5, 0.6) is 0 Å². The lowest BCUT2D eigenvalue weighted by molar-refractivity contribution is 0.184. The third-order valence-electron chi connectivity index (χ3n) is 3.80. The molecule has 0 spiro atoms. The molecule has 1 N–H and O–H groups in total. The maximum Gasteiger partial charge on any atom is 0.243 e. The van der Waals surface area contributed by atoms with E-state index in [0.717, 1.165) is 44.6 Å². The first-order valence-electron chi connectivity index (χ1n) is 7.09. The maximum absolute atomic E-state index is 13.6. The SMILES string of the molecule is CCN1CCC[C@H](CNS(=O)(=O)c2cc(F)ccc2F)C1. The molecule has 7 heteroatoms. The standard InChI is InChI=1S/C14H20F2N2O2S/c1-2-18-7-3-4-11(10-18)9-17-21(19,20)14-8-12(15)5-6-13(14)16/h5-6,8,11,17H,2-4,7,9-10H2,1H3/t11-/m1/s1. The molecule has 1 atom stereocenters. The van der Waals surface area contributed by atoms with Crippen LogP contribution in [-0.4, -0.2) is 39.5 Å². The fraction of sp³-hybridized carbons (Fsp3) is 0.571. The van der Waals surface area contributed by atoms with Gasteiger partial charge in [0, 0.05) is 13.1 Å². The van der Waals surface area contributed by atoms with Crippen LogP contribution in [0.3, 0.4) is 0 Å². The molecule has 1 aromatic carbocycles. The lowest BCUT2D eigenvalue weighted by atomic mass is 9.98. The molecule has 1 fully saturated rings. The topological polar surface area (TPSA) is 49.4 Å². The number of sulfonamides is 1. The number of piperidine rings is 1. The quantitative estimate of drug-likeness (QED) is 0.903. The zero-order valence-corrected chi connectivity index (χ0v) is 12.8. The Morgan fingerprint density at radius 1 is 1.38 bits per heavy atom. The highest BCUT2D eigenvalue weighted by Gasteiger charge is 2.24. The molecule has 0 bridgehead atoms. The van der Waals surface area contributed by atoms with Gasteiger partial charge in [-0.05, 0) is 50.0 Å². The molecule has 0 radical (unpaired) electrons. The Balaban J connectivity index is 2.03. The summed E-state index contributed by atoms with van der Waals surface area (Å²) in [6.07, 6.45) is 1.96. The van der Waals surface area contributed by atoms with Gasteiger partial charge in [0.05, 0.1) is 0 Å². The van der Waals surface area contributed by atoms with Crippen molar-refractivity contribution in [3.63, 3.8) is 0 Å². The van der Waals surface area contributed by atoms with Gasteiger partial charge in [0.2, 0.25) is 10.0 Å². The smallest absolute Gasteiger partial charge is 0.243 e. The van der Waals surface area contributed by atoms with Gasteiger partial charge < -0.3 is 4.90 Å². The molecular formula is C14H20F2N2O2S. The summed E-state index contributed by atoms with van der Waals surface area (Å²) in [6.45, 7) is 5.09. The molecule has 0 aromatic heterocycles. The summed E-state index contributed by atoms with van der Waals surface area (Å²) in [5.41, 5.74) is 0. The molecule has 0 saturated carbocycles. The maximum atomic E-state index is 13.6. The van der Waals surface area contributed by atoms with Crippen molar-refractivity contribution < 1.29 is 17.2 Å². The van der Waals surface area contributed by atoms with Crippen molar-refractivity contribution in [3.05, 3.63) is 29.8 Å². The normalized spacial score (nSPS) is 20.6. The van der Waals surface area contributed by atoms with Crippen LogP contribution >= 0.6 is 0 Å². The summed E-state index contributed by atoms with van der Waals surface area (Å²) in [6, 6.07) is 2.43. The van der Waals surface area contributed by atoms with E-state index in [1.807, 2.05) is 0 Å². The van der Waals surface area contributed by atoms with Crippen molar-refractivity contribution >= 4 is 10.0 Å². The van der Waals surface area contributed by atoms with E-state index in [0.29, 0.717) is 6.07 Å². The molecular weight excluding hydrogens is 298 g/mol. The minimum atomic E-state index is -4.02. The number of hydrogen-bond donors (Lipinski definition) is 1. The van der Waals surface area contributed by atoms with Crippen molar-refractivity contribution in [2.75, 3.05) is 26.2 Å². The van der Waals surface area contributed by atoms with Crippen LogP contribution in [0.1, 0.15) is 19.8 Å². The number of nitrogens with zero attached hydrogens (tertiary/aromatic N) is 1. The molecule has 1 aliphatic heterocycles. The van der Waals surface area contributed by atoms with E-state index in [2.05, 4.69) is 16.5 Å². The van der Waals surface area contributed by atoms with Crippen LogP contribution in [0.2, 0.25) is 0 Å². The highest BCUT2D eigenvalue weighted by Crippen LogP contribution is 2.18. The summed E-state index contributed by atoms with van der Waals surface area (Å²) >= 11 is 0. The molecule has 0 amide bonds. The van der Waals surface area contributed by atoms with Crippen LogP contribution in [0.4, 0.5) is 8.78 Å². The van der Waals surface area contributed by atoms with Gasteiger partial charge in [0.15, 0.2) is 0 Å². The van der Waals surface area contributed by atoms with Crippen LogP contribution < -0.4 is 4.72 Å². The molecule has 1 saturated heterocycles. The number of rotatable bonds is 5. The molecule has 118 valence electrons. The summed E-state index contributed by atoms with van der Waals surface area (Å²) < 4.78 is 53.2. The first-order valence-corrected chi connectivity index (χ1v) is 8.57. The lowest BCUT2D eigenvalue weighted by Crippen LogP contribution is -2.40. The summed E-state index contributed by atoms with van der Waals surface area (Å²) in [4.78, 5) is 1.62. The molecule has 2 rings (SSSR count). The van der Waals surface area contributed by atoms with E-state index in [1.165, 1.54) is 0 Å². The Morgan fingerprint density at radius 3 is 2.86 bits per heavy atom. The van der Waals surface area contributed by atoms with Crippen molar-refractivity contribution in [1.29, 1.82) is 0 Å². The number of benzene rings is 1.